The van der Waals surface area contributed by atoms with Crippen LogP contribution >= 0.6 is 28.1 Å². The molecule has 0 unspecified atom stereocenters. The van der Waals surface area contributed by atoms with Gasteiger partial charge in [0, 0.05) is 18.2 Å². The fraction of sp³-hybridized carbons (Fsp3) is 0.333. The summed E-state index contributed by atoms with van der Waals surface area (Å²) in [5, 5.41) is 18.2. The molecule has 0 amide bonds. The molecule has 0 fully saturated rings. The van der Waals surface area contributed by atoms with Crippen molar-refractivity contribution in [3.05, 3.63) is 38.3 Å². The maximum atomic E-state index is 10.8. The predicted octanol–water partition coefficient (Wildman–Crippen LogP) is 2.96. The van der Waals surface area contributed by atoms with Crippen LogP contribution in [0.4, 0.5) is 5.69 Å². The number of hydrogen-bond donors (Lipinski definition) is 2. The van der Waals surface area contributed by atoms with Crippen LogP contribution in [0.25, 0.3) is 0 Å². The fourth-order valence-corrected chi connectivity index (χ4v) is 1.88. The number of nitrogens with zero attached hydrogens (tertiary/aromatic N) is 2. The van der Waals surface area contributed by atoms with Gasteiger partial charge in [-0.2, -0.15) is 5.10 Å². The Morgan fingerprint density at radius 1 is 1.60 bits per heavy atom. The summed E-state index contributed by atoms with van der Waals surface area (Å²) in [5.41, 5.74) is 3.27. The van der Waals surface area contributed by atoms with Gasteiger partial charge in [-0.1, -0.05) is 19.4 Å². The molecule has 0 saturated heterocycles. The van der Waals surface area contributed by atoms with Gasteiger partial charge in [-0.25, -0.2) is 0 Å². The minimum absolute atomic E-state index is 0.00222. The van der Waals surface area contributed by atoms with Gasteiger partial charge in [0.05, 0.1) is 15.6 Å². The Morgan fingerprint density at radius 2 is 2.35 bits per heavy atom. The van der Waals surface area contributed by atoms with E-state index in [-0.39, 0.29) is 5.69 Å². The zero-order valence-electron chi connectivity index (χ0n) is 10.9. The highest BCUT2D eigenvalue weighted by molar-refractivity contribution is 9.10. The van der Waals surface area contributed by atoms with Crippen molar-refractivity contribution in [2.24, 2.45) is 5.10 Å². The SMILES string of the molecule is CCCCNC(=S)N/N=C\c1ccc(Br)c([N+](=O)[O-])c1. The average molecular weight is 359 g/mol. The summed E-state index contributed by atoms with van der Waals surface area (Å²) in [6.45, 7) is 2.89. The molecule has 8 heteroatoms. The zero-order chi connectivity index (χ0) is 15.0. The second kappa shape index (κ2) is 8.60. The third-order valence-corrected chi connectivity index (χ3v) is 3.27. The van der Waals surface area contributed by atoms with Gasteiger partial charge in [0.1, 0.15) is 0 Å². The molecule has 1 aromatic rings. The van der Waals surface area contributed by atoms with E-state index in [9.17, 15) is 10.1 Å². The number of rotatable bonds is 6. The number of nitro benzene ring substituents is 1. The quantitative estimate of drug-likeness (QED) is 0.268. The van der Waals surface area contributed by atoms with Crippen LogP contribution in [0.3, 0.4) is 0 Å². The van der Waals surface area contributed by atoms with E-state index in [1.54, 1.807) is 12.1 Å². The highest BCUT2D eigenvalue weighted by atomic mass is 79.9. The van der Waals surface area contributed by atoms with Crippen molar-refractivity contribution >= 4 is 45.2 Å². The number of halogens is 1. The third kappa shape index (κ3) is 5.62. The number of nitrogens with one attached hydrogen (secondary N) is 2. The Bertz CT molecular complexity index is 522. The molecule has 0 saturated carbocycles. The first-order chi connectivity index (χ1) is 9.54. The molecule has 0 spiro atoms. The number of nitro groups is 1. The molecule has 0 heterocycles. The monoisotopic (exact) mass is 358 g/mol. The van der Waals surface area contributed by atoms with Crippen molar-refractivity contribution in [2.45, 2.75) is 19.8 Å². The van der Waals surface area contributed by atoms with E-state index in [2.05, 4.69) is 38.7 Å². The molecule has 1 aromatic carbocycles. The average Bonchev–Trinajstić information content (AvgIpc) is 2.40. The fourth-order valence-electron chi connectivity index (χ4n) is 1.33. The van der Waals surface area contributed by atoms with E-state index >= 15 is 0 Å². The van der Waals surface area contributed by atoms with Crippen molar-refractivity contribution in [1.82, 2.24) is 10.7 Å². The predicted molar refractivity (Wildman–Crippen MR) is 87.0 cm³/mol. The molecule has 108 valence electrons. The minimum atomic E-state index is -0.453. The molecule has 1 rings (SSSR count). The Kier molecular flexibility index (Phi) is 7.10. The first-order valence-electron chi connectivity index (χ1n) is 6.05. The summed E-state index contributed by atoms with van der Waals surface area (Å²) in [6, 6.07) is 4.76. The van der Waals surface area contributed by atoms with Crippen LogP contribution in [0.1, 0.15) is 25.3 Å². The normalized spacial score (nSPS) is 10.5. The molecule has 0 aliphatic heterocycles. The van der Waals surface area contributed by atoms with Crippen molar-refractivity contribution in [1.29, 1.82) is 0 Å². The molecule has 0 aromatic heterocycles. The summed E-state index contributed by atoms with van der Waals surface area (Å²) in [6.07, 6.45) is 3.60. The first kappa shape index (κ1) is 16.5. The highest BCUT2D eigenvalue weighted by Gasteiger charge is 2.11. The molecule has 0 bridgehead atoms. The highest BCUT2D eigenvalue weighted by Crippen LogP contribution is 2.24. The second-order valence-electron chi connectivity index (χ2n) is 3.95. The van der Waals surface area contributed by atoms with Gasteiger partial charge in [0.2, 0.25) is 0 Å². The summed E-state index contributed by atoms with van der Waals surface area (Å²) in [5.74, 6) is 0. The van der Waals surface area contributed by atoms with E-state index in [4.69, 9.17) is 12.2 Å². The molecule has 20 heavy (non-hydrogen) atoms. The lowest BCUT2D eigenvalue weighted by Crippen LogP contribution is -2.32. The van der Waals surface area contributed by atoms with Crippen LogP contribution in [0.15, 0.2) is 27.8 Å². The first-order valence-corrected chi connectivity index (χ1v) is 7.25. The maximum Gasteiger partial charge on any atom is 0.284 e. The molecule has 2 N–H and O–H groups in total. The van der Waals surface area contributed by atoms with Crippen molar-refractivity contribution in [2.75, 3.05) is 6.54 Å². The molecule has 0 atom stereocenters. The number of thiocarbonyl (C=S) groups is 1. The summed E-state index contributed by atoms with van der Waals surface area (Å²) < 4.78 is 0.435. The van der Waals surface area contributed by atoms with Crippen molar-refractivity contribution < 1.29 is 4.92 Å². The van der Waals surface area contributed by atoms with Crippen LogP contribution in [0.5, 0.6) is 0 Å². The van der Waals surface area contributed by atoms with Gasteiger partial charge in [-0.15, -0.1) is 0 Å². The van der Waals surface area contributed by atoms with Gasteiger partial charge in [0.15, 0.2) is 5.11 Å². The summed E-state index contributed by atoms with van der Waals surface area (Å²) in [4.78, 5) is 10.3. The van der Waals surface area contributed by atoms with E-state index < -0.39 is 4.92 Å². The Labute approximate surface area is 130 Å². The van der Waals surface area contributed by atoms with Crippen LogP contribution < -0.4 is 10.7 Å². The maximum absolute atomic E-state index is 10.8. The van der Waals surface area contributed by atoms with Crippen LogP contribution in [-0.4, -0.2) is 22.8 Å². The van der Waals surface area contributed by atoms with Gasteiger partial charge in [0.25, 0.3) is 5.69 Å². The molecule has 0 radical (unpaired) electrons. The zero-order valence-corrected chi connectivity index (χ0v) is 13.3. The molecule has 0 aliphatic rings. The topological polar surface area (TPSA) is 79.6 Å². The second-order valence-corrected chi connectivity index (χ2v) is 5.21. The van der Waals surface area contributed by atoms with Crippen LogP contribution in [-0.2, 0) is 0 Å². The van der Waals surface area contributed by atoms with Crippen molar-refractivity contribution in [3.63, 3.8) is 0 Å². The smallest absolute Gasteiger partial charge is 0.284 e. The van der Waals surface area contributed by atoms with Gasteiger partial charge < -0.3 is 5.32 Å². The van der Waals surface area contributed by atoms with Crippen LogP contribution in [0.2, 0.25) is 0 Å². The standard InChI is InChI=1S/C12H15BrN4O2S/c1-2-3-6-14-12(20)16-15-8-9-4-5-10(13)11(7-9)17(18)19/h4-5,7-8H,2-3,6H2,1H3,(H2,14,16,20)/b15-8-. The van der Waals surface area contributed by atoms with Gasteiger partial charge in [-0.05, 0) is 40.6 Å². The van der Waals surface area contributed by atoms with E-state index in [1.807, 2.05) is 0 Å². The number of benzene rings is 1. The van der Waals surface area contributed by atoms with Crippen molar-refractivity contribution in [3.8, 4) is 0 Å². The van der Waals surface area contributed by atoms with E-state index in [0.717, 1.165) is 19.4 Å². The number of hydrazone groups is 1. The lowest BCUT2D eigenvalue weighted by atomic mass is 10.2. The van der Waals surface area contributed by atoms with Gasteiger partial charge >= 0.3 is 0 Å². The third-order valence-electron chi connectivity index (χ3n) is 2.36. The summed E-state index contributed by atoms with van der Waals surface area (Å²) in [7, 11) is 0. The van der Waals surface area contributed by atoms with Gasteiger partial charge in [-0.3, -0.25) is 15.5 Å². The minimum Gasteiger partial charge on any atom is -0.361 e. The van der Waals surface area contributed by atoms with Crippen LogP contribution in [0, 0.1) is 10.1 Å². The molecule has 6 nitrogen and oxygen atoms in total. The summed E-state index contributed by atoms with van der Waals surface area (Å²) >= 11 is 8.14. The van der Waals surface area contributed by atoms with E-state index in [0.29, 0.717) is 15.1 Å². The lowest BCUT2D eigenvalue weighted by Gasteiger charge is -2.05. The Balaban J connectivity index is 2.56. The number of unbranched alkanes of at least 4 members (excludes halogenated alkanes) is 1. The largest absolute Gasteiger partial charge is 0.361 e. The molecular weight excluding hydrogens is 344 g/mol. The number of hydrogen-bond acceptors (Lipinski definition) is 4. The Morgan fingerprint density at radius 3 is 3.00 bits per heavy atom. The van der Waals surface area contributed by atoms with E-state index in [1.165, 1.54) is 12.3 Å². The molecule has 0 aliphatic carbocycles. The lowest BCUT2D eigenvalue weighted by molar-refractivity contribution is -0.385. The molecular formula is C12H15BrN4O2S. The Hall–Kier alpha value is -1.54.